The fourth-order valence-electron chi connectivity index (χ4n) is 2.47. The van der Waals surface area contributed by atoms with Gasteiger partial charge in [0.1, 0.15) is 5.65 Å². The first-order valence-corrected chi connectivity index (χ1v) is 7.98. The molecule has 0 aromatic carbocycles. The van der Waals surface area contributed by atoms with Crippen LogP contribution in [-0.4, -0.2) is 24.1 Å². The van der Waals surface area contributed by atoms with Gasteiger partial charge in [-0.25, -0.2) is 4.98 Å². The predicted octanol–water partition coefficient (Wildman–Crippen LogP) is 2.44. The number of hydrogen-bond acceptors (Lipinski definition) is 5. The zero-order valence-corrected chi connectivity index (χ0v) is 12.5. The van der Waals surface area contributed by atoms with E-state index >= 15 is 0 Å². The number of rotatable bonds is 4. The Bertz CT molecular complexity index is 801. The average molecular weight is 300 g/mol. The zero-order valence-electron chi connectivity index (χ0n) is 11.7. The third-order valence-corrected chi connectivity index (χ3v) is 4.67. The molecule has 1 fully saturated rings. The van der Waals surface area contributed by atoms with E-state index in [1.807, 2.05) is 16.7 Å². The smallest absolute Gasteiger partial charge is 0.222 e. The lowest BCUT2D eigenvalue weighted by molar-refractivity contribution is 0.671. The maximum atomic E-state index is 5.89. The SMILES string of the molecule is Cc1cccc2nc(CSc3nnc(N)n3C3CC3)cn12. The molecular formula is C14H16N6S. The monoisotopic (exact) mass is 300 g/mol. The lowest BCUT2D eigenvalue weighted by atomic mass is 10.4. The van der Waals surface area contributed by atoms with Crippen molar-refractivity contribution in [2.75, 3.05) is 5.73 Å². The summed E-state index contributed by atoms with van der Waals surface area (Å²) in [6.07, 6.45) is 4.42. The molecule has 0 radical (unpaired) electrons. The number of pyridine rings is 1. The van der Waals surface area contributed by atoms with E-state index in [-0.39, 0.29) is 0 Å². The summed E-state index contributed by atoms with van der Waals surface area (Å²) in [4.78, 5) is 4.64. The Balaban J connectivity index is 1.57. The molecule has 4 rings (SSSR count). The van der Waals surface area contributed by atoms with Crippen LogP contribution in [0.15, 0.2) is 29.6 Å². The van der Waals surface area contributed by atoms with Gasteiger partial charge in [-0.2, -0.15) is 0 Å². The molecule has 6 nitrogen and oxygen atoms in total. The molecule has 0 spiro atoms. The van der Waals surface area contributed by atoms with Crippen LogP contribution in [0.2, 0.25) is 0 Å². The standard InChI is InChI=1S/C14H16N6S/c1-9-3-2-4-12-16-10(7-19(9)12)8-21-14-18-17-13(15)20(14)11-5-6-11/h2-4,7,11H,5-6,8H2,1H3,(H2,15,17). The summed E-state index contributed by atoms with van der Waals surface area (Å²) < 4.78 is 4.15. The first-order chi connectivity index (χ1) is 10.2. The van der Waals surface area contributed by atoms with E-state index in [1.165, 1.54) is 18.5 Å². The summed E-state index contributed by atoms with van der Waals surface area (Å²) in [6.45, 7) is 2.08. The molecule has 7 heteroatoms. The highest BCUT2D eigenvalue weighted by molar-refractivity contribution is 7.98. The van der Waals surface area contributed by atoms with E-state index in [2.05, 4.69) is 38.8 Å². The Morgan fingerprint density at radius 2 is 2.19 bits per heavy atom. The Morgan fingerprint density at radius 1 is 1.33 bits per heavy atom. The van der Waals surface area contributed by atoms with E-state index in [0.29, 0.717) is 12.0 Å². The number of hydrogen-bond donors (Lipinski definition) is 1. The van der Waals surface area contributed by atoms with E-state index in [9.17, 15) is 0 Å². The minimum Gasteiger partial charge on any atom is -0.368 e. The topological polar surface area (TPSA) is 74.0 Å². The van der Waals surface area contributed by atoms with Gasteiger partial charge in [-0.3, -0.25) is 4.57 Å². The van der Waals surface area contributed by atoms with Crippen molar-refractivity contribution in [2.24, 2.45) is 0 Å². The molecule has 2 N–H and O–H groups in total. The van der Waals surface area contributed by atoms with Crippen molar-refractivity contribution in [2.45, 2.75) is 36.7 Å². The number of nitrogen functional groups attached to an aromatic ring is 1. The van der Waals surface area contributed by atoms with E-state index in [1.54, 1.807) is 11.8 Å². The molecular weight excluding hydrogens is 284 g/mol. The second-order valence-electron chi connectivity index (χ2n) is 5.36. The van der Waals surface area contributed by atoms with Crippen LogP contribution >= 0.6 is 11.8 Å². The molecule has 1 aliphatic rings. The molecule has 1 saturated carbocycles. The van der Waals surface area contributed by atoms with Crippen LogP contribution in [0.25, 0.3) is 5.65 Å². The van der Waals surface area contributed by atoms with Gasteiger partial charge in [0.05, 0.1) is 5.69 Å². The van der Waals surface area contributed by atoms with Crippen molar-refractivity contribution in [1.82, 2.24) is 24.1 Å². The van der Waals surface area contributed by atoms with Crippen LogP contribution in [0.1, 0.15) is 30.3 Å². The molecule has 0 aliphatic heterocycles. The van der Waals surface area contributed by atoms with Gasteiger partial charge in [0, 0.05) is 23.7 Å². The second-order valence-corrected chi connectivity index (χ2v) is 6.30. The van der Waals surface area contributed by atoms with Crippen molar-refractivity contribution < 1.29 is 0 Å². The first kappa shape index (κ1) is 12.7. The number of thioether (sulfide) groups is 1. The van der Waals surface area contributed by atoms with Crippen LogP contribution < -0.4 is 5.73 Å². The molecule has 3 heterocycles. The van der Waals surface area contributed by atoms with Crippen molar-refractivity contribution in [3.05, 3.63) is 35.8 Å². The Morgan fingerprint density at radius 3 is 2.95 bits per heavy atom. The number of aryl methyl sites for hydroxylation is 1. The molecule has 3 aromatic rings. The quantitative estimate of drug-likeness (QED) is 0.749. The van der Waals surface area contributed by atoms with Gasteiger partial charge in [-0.05, 0) is 31.9 Å². The lowest BCUT2D eigenvalue weighted by Gasteiger charge is -2.04. The molecule has 0 bridgehead atoms. The Hall–Kier alpha value is -2.02. The van der Waals surface area contributed by atoms with Gasteiger partial charge < -0.3 is 10.1 Å². The second kappa shape index (κ2) is 4.77. The van der Waals surface area contributed by atoms with Crippen LogP contribution in [0.3, 0.4) is 0 Å². The molecule has 0 amide bonds. The van der Waals surface area contributed by atoms with Crippen LogP contribution in [0, 0.1) is 6.92 Å². The highest BCUT2D eigenvalue weighted by Gasteiger charge is 2.28. The number of nitrogens with zero attached hydrogens (tertiary/aromatic N) is 5. The van der Waals surface area contributed by atoms with Crippen LogP contribution in [0.5, 0.6) is 0 Å². The largest absolute Gasteiger partial charge is 0.368 e. The Kier molecular flexibility index (Phi) is 2.88. The number of imidazole rings is 1. The minimum atomic E-state index is 0.491. The average Bonchev–Trinajstić information content (AvgIpc) is 3.09. The summed E-state index contributed by atoms with van der Waals surface area (Å²) in [5.41, 5.74) is 9.09. The summed E-state index contributed by atoms with van der Waals surface area (Å²) in [7, 11) is 0. The third kappa shape index (κ3) is 2.27. The third-order valence-electron chi connectivity index (χ3n) is 3.70. The van der Waals surface area contributed by atoms with Gasteiger partial charge in [-0.1, -0.05) is 17.8 Å². The van der Waals surface area contributed by atoms with Gasteiger partial charge in [0.2, 0.25) is 5.95 Å². The van der Waals surface area contributed by atoms with E-state index in [0.717, 1.165) is 22.3 Å². The van der Waals surface area contributed by atoms with Crippen LogP contribution in [-0.2, 0) is 5.75 Å². The normalized spacial score (nSPS) is 14.9. The highest BCUT2D eigenvalue weighted by atomic mass is 32.2. The fraction of sp³-hybridized carbons (Fsp3) is 0.357. The maximum absolute atomic E-state index is 5.89. The highest BCUT2D eigenvalue weighted by Crippen LogP contribution is 2.39. The van der Waals surface area contributed by atoms with E-state index < -0.39 is 0 Å². The molecule has 108 valence electrons. The number of anilines is 1. The summed E-state index contributed by atoms with van der Waals surface area (Å²) >= 11 is 1.64. The number of fused-ring (bicyclic) bond motifs is 1. The minimum absolute atomic E-state index is 0.491. The van der Waals surface area contributed by atoms with Crippen molar-refractivity contribution in [1.29, 1.82) is 0 Å². The van der Waals surface area contributed by atoms with Gasteiger partial charge in [-0.15, -0.1) is 10.2 Å². The molecule has 0 atom stereocenters. The molecule has 0 unspecified atom stereocenters. The zero-order chi connectivity index (χ0) is 14.4. The van der Waals surface area contributed by atoms with Crippen molar-refractivity contribution in [3.8, 4) is 0 Å². The van der Waals surface area contributed by atoms with Gasteiger partial charge in [0.25, 0.3) is 0 Å². The number of nitrogens with two attached hydrogens (primary N) is 1. The fourth-order valence-corrected chi connectivity index (χ4v) is 3.37. The lowest BCUT2D eigenvalue weighted by Crippen LogP contribution is -2.02. The van der Waals surface area contributed by atoms with Gasteiger partial charge >= 0.3 is 0 Å². The molecule has 21 heavy (non-hydrogen) atoms. The molecule has 3 aromatic heterocycles. The maximum Gasteiger partial charge on any atom is 0.222 e. The summed E-state index contributed by atoms with van der Waals surface area (Å²) in [5.74, 6) is 1.29. The van der Waals surface area contributed by atoms with Crippen molar-refractivity contribution in [3.63, 3.8) is 0 Å². The van der Waals surface area contributed by atoms with Gasteiger partial charge in [0.15, 0.2) is 5.16 Å². The predicted molar refractivity (Wildman–Crippen MR) is 82.2 cm³/mol. The van der Waals surface area contributed by atoms with E-state index in [4.69, 9.17) is 5.73 Å². The Labute approximate surface area is 126 Å². The van der Waals surface area contributed by atoms with Crippen LogP contribution in [0.4, 0.5) is 5.95 Å². The summed E-state index contributed by atoms with van der Waals surface area (Å²) in [6, 6.07) is 6.62. The van der Waals surface area contributed by atoms with Crippen molar-refractivity contribution >= 4 is 23.4 Å². The summed E-state index contributed by atoms with van der Waals surface area (Å²) in [5, 5.41) is 9.06. The number of aromatic nitrogens is 5. The first-order valence-electron chi connectivity index (χ1n) is 6.99. The molecule has 1 aliphatic carbocycles. The molecule has 0 saturated heterocycles.